The highest BCUT2D eigenvalue weighted by Gasteiger charge is 2.12. The Morgan fingerprint density at radius 2 is 1.95 bits per heavy atom. The molecule has 4 nitrogen and oxygen atoms in total. The molecular formula is C17H21NO3S. The molecule has 2 rings (SSSR count). The summed E-state index contributed by atoms with van der Waals surface area (Å²) in [6.45, 7) is 5.06. The molecular weight excluding hydrogens is 298 g/mol. The SMILES string of the molecule is CCCCCOc1ccc(-c2nc(C(=O)OCC)cs2)cc1. The van der Waals surface area contributed by atoms with E-state index in [9.17, 15) is 4.79 Å². The third kappa shape index (κ3) is 4.56. The van der Waals surface area contributed by atoms with Gasteiger partial charge in [-0.15, -0.1) is 11.3 Å². The van der Waals surface area contributed by atoms with Crippen molar-refractivity contribution >= 4 is 17.3 Å². The fourth-order valence-corrected chi connectivity index (χ4v) is 2.74. The van der Waals surface area contributed by atoms with Crippen molar-refractivity contribution in [1.82, 2.24) is 4.98 Å². The van der Waals surface area contributed by atoms with Gasteiger partial charge >= 0.3 is 5.97 Å². The first-order valence-corrected chi connectivity index (χ1v) is 8.48. The van der Waals surface area contributed by atoms with E-state index in [0.29, 0.717) is 12.3 Å². The standard InChI is InChI=1S/C17H21NO3S/c1-3-5-6-11-21-14-9-7-13(8-10-14)16-18-15(12-22-16)17(19)20-4-2/h7-10,12H,3-6,11H2,1-2H3. The van der Waals surface area contributed by atoms with E-state index < -0.39 is 0 Å². The van der Waals surface area contributed by atoms with E-state index in [2.05, 4.69) is 11.9 Å². The van der Waals surface area contributed by atoms with E-state index in [1.807, 2.05) is 24.3 Å². The Kier molecular flexibility index (Phi) is 6.40. The number of benzene rings is 1. The summed E-state index contributed by atoms with van der Waals surface area (Å²) in [6, 6.07) is 7.80. The summed E-state index contributed by atoms with van der Waals surface area (Å²) in [5.41, 5.74) is 1.34. The Hall–Kier alpha value is -1.88. The molecule has 0 aliphatic heterocycles. The summed E-state index contributed by atoms with van der Waals surface area (Å²) in [4.78, 5) is 15.9. The highest BCUT2D eigenvalue weighted by atomic mass is 32.1. The fraction of sp³-hybridized carbons (Fsp3) is 0.412. The van der Waals surface area contributed by atoms with Crippen LogP contribution in [0.25, 0.3) is 10.6 Å². The van der Waals surface area contributed by atoms with Crippen molar-refractivity contribution in [2.24, 2.45) is 0 Å². The predicted octanol–water partition coefficient (Wildman–Crippen LogP) is 4.56. The molecule has 0 fully saturated rings. The smallest absolute Gasteiger partial charge is 0.357 e. The Labute approximate surface area is 135 Å². The second-order valence-corrected chi connectivity index (χ2v) is 5.70. The van der Waals surface area contributed by atoms with Crippen molar-refractivity contribution in [1.29, 1.82) is 0 Å². The number of carbonyl (C=O) groups excluding carboxylic acids is 1. The summed E-state index contributed by atoms with van der Waals surface area (Å²) in [5, 5.41) is 2.53. The van der Waals surface area contributed by atoms with Crippen LogP contribution in [0.5, 0.6) is 5.75 Å². The Balaban J connectivity index is 1.97. The maximum atomic E-state index is 11.6. The van der Waals surface area contributed by atoms with Crippen LogP contribution in [0, 0.1) is 0 Å². The van der Waals surface area contributed by atoms with Gasteiger partial charge in [0.2, 0.25) is 0 Å². The number of unbranched alkanes of at least 4 members (excludes halogenated alkanes) is 2. The summed E-state index contributed by atoms with van der Waals surface area (Å²) in [6.07, 6.45) is 3.45. The molecule has 0 atom stereocenters. The lowest BCUT2D eigenvalue weighted by molar-refractivity contribution is 0.0520. The highest BCUT2D eigenvalue weighted by molar-refractivity contribution is 7.13. The van der Waals surface area contributed by atoms with Crippen LogP contribution < -0.4 is 4.74 Å². The topological polar surface area (TPSA) is 48.4 Å². The second-order valence-electron chi connectivity index (χ2n) is 4.84. The maximum absolute atomic E-state index is 11.6. The first-order valence-electron chi connectivity index (χ1n) is 7.60. The summed E-state index contributed by atoms with van der Waals surface area (Å²) >= 11 is 1.43. The first-order chi connectivity index (χ1) is 10.7. The molecule has 1 heterocycles. The van der Waals surface area contributed by atoms with Crippen molar-refractivity contribution < 1.29 is 14.3 Å². The van der Waals surface area contributed by atoms with Gasteiger partial charge in [-0.05, 0) is 37.6 Å². The predicted molar refractivity (Wildman–Crippen MR) is 88.5 cm³/mol. The molecule has 5 heteroatoms. The minimum atomic E-state index is -0.374. The van der Waals surface area contributed by atoms with E-state index in [0.717, 1.165) is 29.3 Å². The molecule has 118 valence electrons. The van der Waals surface area contributed by atoms with Gasteiger partial charge in [0, 0.05) is 10.9 Å². The molecule has 0 unspecified atom stereocenters. The van der Waals surface area contributed by atoms with Crippen molar-refractivity contribution in [2.45, 2.75) is 33.1 Å². The van der Waals surface area contributed by atoms with Crippen LogP contribution in [0.1, 0.15) is 43.6 Å². The summed E-state index contributed by atoms with van der Waals surface area (Å²) in [5.74, 6) is 0.489. The molecule has 1 aromatic heterocycles. The van der Waals surface area contributed by atoms with Gasteiger partial charge in [0.05, 0.1) is 13.2 Å². The van der Waals surface area contributed by atoms with E-state index in [1.165, 1.54) is 24.2 Å². The average molecular weight is 319 g/mol. The van der Waals surface area contributed by atoms with Crippen LogP contribution >= 0.6 is 11.3 Å². The number of rotatable bonds is 8. The van der Waals surface area contributed by atoms with Crippen LogP contribution in [-0.2, 0) is 4.74 Å². The van der Waals surface area contributed by atoms with Gasteiger partial charge in [-0.3, -0.25) is 0 Å². The van der Waals surface area contributed by atoms with Crippen molar-refractivity contribution in [2.75, 3.05) is 13.2 Å². The Morgan fingerprint density at radius 1 is 1.18 bits per heavy atom. The number of carbonyl (C=O) groups is 1. The maximum Gasteiger partial charge on any atom is 0.357 e. The van der Waals surface area contributed by atoms with Crippen LogP contribution in [0.15, 0.2) is 29.6 Å². The lowest BCUT2D eigenvalue weighted by Crippen LogP contribution is -2.04. The Morgan fingerprint density at radius 3 is 2.64 bits per heavy atom. The Bertz CT molecular complexity index is 592. The number of nitrogens with zero attached hydrogens (tertiary/aromatic N) is 1. The quantitative estimate of drug-likeness (QED) is 0.529. The molecule has 0 radical (unpaired) electrons. The van der Waals surface area contributed by atoms with Gasteiger partial charge in [-0.2, -0.15) is 0 Å². The average Bonchev–Trinajstić information content (AvgIpc) is 3.02. The number of hydrogen-bond donors (Lipinski definition) is 0. The van der Waals surface area contributed by atoms with Gasteiger partial charge in [0.25, 0.3) is 0 Å². The molecule has 0 spiro atoms. The lowest BCUT2D eigenvalue weighted by Gasteiger charge is -2.06. The number of aromatic nitrogens is 1. The van der Waals surface area contributed by atoms with Crippen molar-refractivity contribution in [3.63, 3.8) is 0 Å². The third-order valence-corrected chi connectivity index (χ3v) is 4.00. The van der Waals surface area contributed by atoms with Gasteiger partial charge < -0.3 is 9.47 Å². The second kappa shape index (κ2) is 8.54. The minimum Gasteiger partial charge on any atom is -0.494 e. The normalized spacial score (nSPS) is 10.5. The molecule has 0 bridgehead atoms. The number of esters is 1. The molecule has 0 saturated heterocycles. The largest absolute Gasteiger partial charge is 0.494 e. The molecule has 22 heavy (non-hydrogen) atoms. The third-order valence-electron chi connectivity index (χ3n) is 3.11. The van der Waals surface area contributed by atoms with Crippen molar-refractivity contribution in [3.05, 3.63) is 35.3 Å². The molecule has 0 amide bonds. The van der Waals surface area contributed by atoms with E-state index in [4.69, 9.17) is 9.47 Å². The zero-order valence-corrected chi connectivity index (χ0v) is 13.8. The number of hydrogen-bond acceptors (Lipinski definition) is 5. The number of thiazole rings is 1. The van der Waals surface area contributed by atoms with Crippen molar-refractivity contribution in [3.8, 4) is 16.3 Å². The molecule has 2 aromatic rings. The van der Waals surface area contributed by atoms with Gasteiger partial charge in [-0.25, -0.2) is 9.78 Å². The highest BCUT2D eigenvalue weighted by Crippen LogP contribution is 2.26. The summed E-state index contributed by atoms with van der Waals surface area (Å²) in [7, 11) is 0. The molecule has 0 N–H and O–H groups in total. The van der Waals surface area contributed by atoms with E-state index in [-0.39, 0.29) is 5.97 Å². The summed E-state index contributed by atoms with van der Waals surface area (Å²) < 4.78 is 10.6. The van der Waals surface area contributed by atoms with Crippen LogP contribution in [0.3, 0.4) is 0 Å². The molecule has 0 aliphatic carbocycles. The molecule has 0 saturated carbocycles. The first kappa shape index (κ1) is 16.5. The lowest BCUT2D eigenvalue weighted by atomic mass is 10.2. The van der Waals surface area contributed by atoms with E-state index >= 15 is 0 Å². The minimum absolute atomic E-state index is 0.357. The van der Waals surface area contributed by atoms with Crippen LogP contribution in [0.4, 0.5) is 0 Å². The van der Waals surface area contributed by atoms with E-state index in [1.54, 1.807) is 12.3 Å². The zero-order valence-electron chi connectivity index (χ0n) is 13.0. The fourth-order valence-electron chi connectivity index (χ4n) is 1.94. The number of ether oxygens (including phenoxy) is 2. The van der Waals surface area contributed by atoms with Gasteiger partial charge in [-0.1, -0.05) is 19.8 Å². The zero-order chi connectivity index (χ0) is 15.8. The monoisotopic (exact) mass is 319 g/mol. The molecule has 1 aromatic carbocycles. The van der Waals surface area contributed by atoms with Gasteiger partial charge in [0.15, 0.2) is 5.69 Å². The molecule has 0 aliphatic rings. The van der Waals surface area contributed by atoms with Gasteiger partial charge in [0.1, 0.15) is 10.8 Å². The van der Waals surface area contributed by atoms with Crippen LogP contribution in [-0.4, -0.2) is 24.2 Å². The van der Waals surface area contributed by atoms with Crippen LogP contribution in [0.2, 0.25) is 0 Å².